The number of aromatic nitrogens is 2. The first-order chi connectivity index (χ1) is 6.05. The second-order valence-corrected chi connectivity index (χ2v) is 4.81. The van der Waals surface area contributed by atoms with Crippen molar-refractivity contribution in [2.24, 2.45) is 7.05 Å². The predicted molar refractivity (Wildman–Crippen MR) is 52.9 cm³/mol. The first-order valence-corrected chi connectivity index (χ1v) is 5.79. The molecule has 0 saturated heterocycles. The average molecular weight is 202 g/mol. The van der Waals surface area contributed by atoms with Crippen LogP contribution in [-0.4, -0.2) is 19.5 Å². The Morgan fingerprint density at radius 3 is 2.92 bits per heavy atom. The third-order valence-corrected chi connectivity index (χ3v) is 3.06. The van der Waals surface area contributed by atoms with Crippen LogP contribution in [-0.2, 0) is 17.0 Å². The minimum absolute atomic E-state index is 0.347. The number of nitrogens with zero attached hydrogens (tertiary/aromatic N) is 2. The second kappa shape index (κ2) is 3.78. The third-order valence-electron chi connectivity index (χ3n) is 1.57. The summed E-state index contributed by atoms with van der Waals surface area (Å²) in [4.78, 5) is 3.94. The average Bonchev–Trinajstić information content (AvgIpc) is 2.35. The summed E-state index contributed by atoms with van der Waals surface area (Å²) in [5, 5.41) is 0. The summed E-state index contributed by atoms with van der Waals surface area (Å²) in [6, 6.07) is 0. The van der Waals surface area contributed by atoms with Crippen LogP contribution in [0.15, 0.2) is 12.4 Å². The molecule has 0 fully saturated rings. The zero-order chi connectivity index (χ0) is 9.90. The minimum atomic E-state index is -2.71. The van der Waals surface area contributed by atoms with E-state index in [9.17, 15) is 4.21 Å². The van der Waals surface area contributed by atoms with E-state index in [2.05, 4.69) is 9.71 Å². The number of aryl methyl sites for hydroxylation is 1. The Labute approximate surface area is 78.3 Å². The Bertz CT molecular complexity index is 368. The van der Waals surface area contributed by atoms with E-state index >= 15 is 0 Å². The van der Waals surface area contributed by atoms with Gasteiger partial charge in [0.25, 0.3) is 0 Å². The quantitative estimate of drug-likeness (QED) is 0.770. The molecule has 1 heterocycles. The summed E-state index contributed by atoms with van der Waals surface area (Å²) in [5.74, 6) is 0.827. The molecule has 0 amide bonds. The molecule has 0 aliphatic heterocycles. The van der Waals surface area contributed by atoms with Crippen molar-refractivity contribution in [1.82, 2.24) is 9.55 Å². The Balaban J connectivity index is 2.75. The zero-order valence-electron chi connectivity index (χ0n) is 7.78. The molecular weight excluding hydrogens is 188 g/mol. The van der Waals surface area contributed by atoms with Crippen molar-refractivity contribution in [3.05, 3.63) is 12.4 Å². The smallest absolute Gasteiger partial charge is 0.215 e. The first kappa shape index (κ1) is 10.0. The van der Waals surface area contributed by atoms with Crippen molar-refractivity contribution in [2.75, 3.05) is 10.5 Å². The zero-order valence-corrected chi connectivity index (χ0v) is 8.60. The standard InChI is InChI=1S/C7H14N4OS/c1-3-6-13(8,12)10-7-9-4-5-11(7)2/h4-5H,3,6H2,1-2H3,(H2,8,9,10,12). The molecule has 13 heavy (non-hydrogen) atoms. The van der Waals surface area contributed by atoms with Crippen molar-refractivity contribution >= 4 is 15.9 Å². The maximum atomic E-state index is 11.5. The lowest BCUT2D eigenvalue weighted by atomic mass is 10.6. The summed E-state index contributed by atoms with van der Waals surface area (Å²) >= 11 is 0. The lowest BCUT2D eigenvalue weighted by Crippen LogP contribution is -2.16. The predicted octanol–water partition coefficient (Wildman–Crippen LogP) is 1.20. The number of rotatable bonds is 4. The number of imidazole rings is 1. The summed E-state index contributed by atoms with van der Waals surface area (Å²) in [7, 11) is -0.922. The van der Waals surface area contributed by atoms with Gasteiger partial charge < -0.3 is 4.57 Å². The van der Waals surface area contributed by atoms with Crippen molar-refractivity contribution in [3.63, 3.8) is 0 Å². The van der Waals surface area contributed by atoms with E-state index in [1.54, 1.807) is 24.0 Å². The van der Waals surface area contributed by atoms with E-state index in [-0.39, 0.29) is 0 Å². The normalized spacial score (nSPS) is 15.2. The van der Waals surface area contributed by atoms with Gasteiger partial charge in [-0.2, -0.15) is 0 Å². The van der Waals surface area contributed by atoms with Crippen LogP contribution in [0.4, 0.5) is 5.95 Å². The Morgan fingerprint density at radius 2 is 2.46 bits per heavy atom. The fraction of sp³-hybridized carbons (Fsp3) is 0.571. The highest BCUT2D eigenvalue weighted by Crippen LogP contribution is 2.05. The van der Waals surface area contributed by atoms with Crippen LogP contribution in [0.25, 0.3) is 0 Å². The van der Waals surface area contributed by atoms with E-state index in [0.29, 0.717) is 11.7 Å². The molecule has 1 aromatic heterocycles. The van der Waals surface area contributed by atoms with Gasteiger partial charge in [0.15, 0.2) is 0 Å². The van der Waals surface area contributed by atoms with Crippen LogP contribution >= 0.6 is 0 Å². The lowest BCUT2D eigenvalue weighted by molar-refractivity contribution is 0.676. The molecular formula is C7H14N4OS. The Morgan fingerprint density at radius 1 is 1.77 bits per heavy atom. The molecule has 1 atom stereocenters. The maximum Gasteiger partial charge on any atom is 0.215 e. The van der Waals surface area contributed by atoms with Gasteiger partial charge >= 0.3 is 0 Å². The molecule has 0 aromatic carbocycles. The van der Waals surface area contributed by atoms with Gasteiger partial charge in [-0.3, -0.25) is 4.72 Å². The minimum Gasteiger partial charge on any atom is -0.320 e. The molecule has 0 spiro atoms. The number of hydrogen-bond acceptors (Lipinski definition) is 3. The summed E-state index contributed by atoms with van der Waals surface area (Å²) < 4.78 is 23.3. The number of hydrogen-bond donors (Lipinski definition) is 2. The van der Waals surface area contributed by atoms with Gasteiger partial charge in [0.2, 0.25) is 5.95 Å². The Hall–Kier alpha value is -1.04. The number of nitrogens with one attached hydrogen (secondary N) is 2. The molecule has 0 radical (unpaired) electrons. The highest BCUT2D eigenvalue weighted by atomic mass is 32.2. The fourth-order valence-corrected chi connectivity index (χ4v) is 2.12. The largest absolute Gasteiger partial charge is 0.320 e. The molecule has 0 saturated carbocycles. The SMILES string of the molecule is CCCS(=N)(=O)Nc1nccn1C. The molecule has 1 rings (SSSR count). The molecule has 74 valence electrons. The van der Waals surface area contributed by atoms with Gasteiger partial charge in [-0.05, 0) is 6.42 Å². The van der Waals surface area contributed by atoms with E-state index in [1.807, 2.05) is 6.92 Å². The molecule has 1 unspecified atom stereocenters. The van der Waals surface area contributed by atoms with Crippen molar-refractivity contribution < 1.29 is 4.21 Å². The van der Waals surface area contributed by atoms with Gasteiger partial charge in [-0.25, -0.2) is 14.0 Å². The van der Waals surface area contributed by atoms with Crippen LogP contribution in [0.5, 0.6) is 0 Å². The number of anilines is 1. The third kappa shape index (κ3) is 2.73. The van der Waals surface area contributed by atoms with Crippen LogP contribution in [0.3, 0.4) is 0 Å². The van der Waals surface area contributed by atoms with Gasteiger partial charge in [0.1, 0.15) is 9.92 Å². The summed E-state index contributed by atoms with van der Waals surface area (Å²) in [5.41, 5.74) is 0. The summed E-state index contributed by atoms with van der Waals surface area (Å²) in [6.45, 7) is 1.90. The van der Waals surface area contributed by atoms with Gasteiger partial charge in [-0.1, -0.05) is 6.92 Å². The fourth-order valence-electron chi connectivity index (χ4n) is 0.950. The molecule has 0 aliphatic carbocycles. The maximum absolute atomic E-state index is 11.5. The molecule has 1 aromatic rings. The topological polar surface area (TPSA) is 70.8 Å². The summed E-state index contributed by atoms with van der Waals surface area (Å²) in [6.07, 6.45) is 4.06. The van der Waals surface area contributed by atoms with E-state index in [0.717, 1.165) is 6.42 Å². The second-order valence-electron chi connectivity index (χ2n) is 2.84. The Kier molecular flexibility index (Phi) is 2.92. The van der Waals surface area contributed by atoms with Crippen molar-refractivity contribution in [2.45, 2.75) is 13.3 Å². The van der Waals surface area contributed by atoms with E-state index in [4.69, 9.17) is 4.78 Å². The van der Waals surface area contributed by atoms with Gasteiger partial charge in [0.05, 0.1) is 5.75 Å². The highest BCUT2D eigenvalue weighted by Gasteiger charge is 2.07. The van der Waals surface area contributed by atoms with Gasteiger partial charge in [-0.15, -0.1) is 0 Å². The molecule has 0 aliphatic rings. The van der Waals surface area contributed by atoms with Crippen molar-refractivity contribution in [3.8, 4) is 0 Å². The van der Waals surface area contributed by atoms with Crippen LogP contribution in [0.1, 0.15) is 13.3 Å². The lowest BCUT2D eigenvalue weighted by Gasteiger charge is -2.08. The van der Waals surface area contributed by atoms with Crippen molar-refractivity contribution in [1.29, 1.82) is 4.78 Å². The van der Waals surface area contributed by atoms with Crippen LogP contribution in [0.2, 0.25) is 0 Å². The highest BCUT2D eigenvalue weighted by molar-refractivity contribution is 7.93. The molecule has 2 N–H and O–H groups in total. The van der Waals surface area contributed by atoms with Crippen LogP contribution < -0.4 is 4.72 Å². The molecule has 6 heteroatoms. The van der Waals surface area contributed by atoms with E-state index in [1.165, 1.54) is 0 Å². The van der Waals surface area contributed by atoms with E-state index < -0.39 is 9.92 Å². The van der Waals surface area contributed by atoms with Gasteiger partial charge in [0, 0.05) is 19.4 Å². The monoisotopic (exact) mass is 202 g/mol. The molecule has 5 nitrogen and oxygen atoms in total. The van der Waals surface area contributed by atoms with Crippen LogP contribution in [0, 0.1) is 4.78 Å². The molecule has 0 bridgehead atoms. The first-order valence-electron chi connectivity index (χ1n) is 4.06.